The second-order valence-corrected chi connectivity index (χ2v) is 6.71. The number of fused-ring (bicyclic) bond motifs is 1. The molecular formula is C20H15N3O3S. The summed E-state index contributed by atoms with van der Waals surface area (Å²) in [7, 11) is 0. The largest absolute Gasteiger partial charge is 0.480 e. The first-order valence-electron chi connectivity index (χ1n) is 8.26. The van der Waals surface area contributed by atoms with E-state index in [1.54, 1.807) is 12.1 Å². The number of para-hydroxylation sites is 1. The lowest BCUT2D eigenvalue weighted by atomic mass is 10.1. The molecule has 0 radical (unpaired) electrons. The van der Waals surface area contributed by atoms with Crippen LogP contribution in [0.5, 0.6) is 0 Å². The van der Waals surface area contributed by atoms with Crippen LogP contribution >= 0.6 is 11.3 Å². The number of nitrogens with zero attached hydrogens (tertiary/aromatic N) is 2. The minimum absolute atomic E-state index is 0.211. The molecular weight excluding hydrogens is 362 g/mol. The number of benzene rings is 2. The minimum atomic E-state index is -1.03. The standard InChI is InChI=1S/C20H15N3O3S/c24-16(25)11-21-20-22-18-17(15(12-27-18)13-7-3-1-4-8-13)19(26)23(20)14-9-5-2-6-10-14/h1-10,12H,11H2,(H,21,22)(H,24,25). The number of aliphatic carboxylic acids is 1. The van der Waals surface area contributed by atoms with Gasteiger partial charge >= 0.3 is 5.97 Å². The summed E-state index contributed by atoms with van der Waals surface area (Å²) < 4.78 is 1.42. The maximum atomic E-state index is 13.4. The lowest BCUT2D eigenvalue weighted by Gasteiger charge is -2.13. The van der Waals surface area contributed by atoms with Gasteiger partial charge in [-0.25, -0.2) is 9.55 Å². The van der Waals surface area contributed by atoms with Crippen LogP contribution < -0.4 is 10.9 Å². The van der Waals surface area contributed by atoms with Crippen molar-refractivity contribution < 1.29 is 9.90 Å². The van der Waals surface area contributed by atoms with Gasteiger partial charge in [-0.05, 0) is 17.7 Å². The number of thiophene rings is 1. The molecule has 0 fully saturated rings. The first kappa shape index (κ1) is 17.0. The summed E-state index contributed by atoms with van der Waals surface area (Å²) in [5.41, 5.74) is 2.14. The zero-order valence-corrected chi connectivity index (χ0v) is 14.9. The maximum absolute atomic E-state index is 13.4. The van der Waals surface area contributed by atoms with Gasteiger partial charge in [-0.15, -0.1) is 11.3 Å². The molecule has 0 amide bonds. The van der Waals surface area contributed by atoms with Crippen LogP contribution in [0.25, 0.3) is 27.0 Å². The Morgan fingerprint density at radius 2 is 1.74 bits per heavy atom. The number of aromatic nitrogens is 2. The van der Waals surface area contributed by atoms with Crippen molar-refractivity contribution in [3.63, 3.8) is 0 Å². The summed E-state index contributed by atoms with van der Waals surface area (Å²) in [6, 6.07) is 18.7. The Morgan fingerprint density at radius 1 is 1.07 bits per heavy atom. The fraction of sp³-hybridized carbons (Fsp3) is 0.0500. The molecule has 0 aliphatic heterocycles. The van der Waals surface area contributed by atoms with Crippen molar-refractivity contribution in [2.75, 3.05) is 11.9 Å². The van der Waals surface area contributed by atoms with Crippen molar-refractivity contribution in [1.29, 1.82) is 0 Å². The Bertz CT molecular complexity index is 1170. The van der Waals surface area contributed by atoms with E-state index in [0.29, 0.717) is 15.9 Å². The van der Waals surface area contributed by atoms with E-state index < -0.39 is 5.97 Å². The van der Waals surface area contributed by atoms with Gasteiger partial charge in [0, 0.05) is 10.9 Å². The highest BCUT2D eigenvalue weighted by atomic mass is 32.1. The quantitative estimate of drug-likeness (QED) is 0.555. The third-order valence-corrected chi connectivity index (χ3v) is 4.98. The van der Waals surface area contributed by atoms with Crippen LogP contribution in [0, 0.1) is 0 Å². The molecule has 7 heteroatoms. The highest BCUT2D eigenvalue weighted by Crippen LogP contribution is 2.32. The molecule has 0 saturated heterocycles. The molecule has 2 aromatic heterocycles. The number of carboxylic acids is 1. The third kappa shape index (κ3) is 3.20. The van der Waals surface area contributed by atoms with Gasteiger partial charge in [0.2, 0.25) is 5.95 Å². The molecule has 27 heavy (non-hydrogen) atoms. The average molecular weight is 377 g/mol. The molecule has 2 aromatic carbocycles. The average Bonchev–Trinajstić information content (AvgIpc) is 3.12. The van der Waals surface area contributed by atoms with Crippen LogP contribution in [0.2, 0.25) is 0 Å². The highest BCUT2D eigenvalue weighted by molar-refractivity contribution is 7.17. The van der Waals surface area contributed by atoms with E-state index >= 15 is 0 Å². The van der Waals surface area contributed by atoms with Crippen LogP contribution in [-0.2, 0) is 4.79 Å². The van der Waals surface area contributed by atoms with Crippen molar-refractivity contribution >= 4 is 33.5 Å². The van der Waals surface area contributed by atoms with Crippen LogP contribution in [-0.4, -0.2) is 27.2 Å². The Hall–Kier alpha value is -3.45. The maximum Gasteiger partial charge on any atom is 0.322 e. The van der Waals surface area contributed by atoms with Crippen LogP contribution in [0.1, 0.15) is 0 Å². The predicted octanol–water partition coefficient (Wildman–Crippen LogP) is 3.61. The fourth-order valence-electron chi connectivity index (χ4n) is 2.91. The van der Waals surface area contributed by atoms with Crippen LogP contribution in [0.15, 0.2) is 70.8 Å². The zero-order valence-electron chi connectivity index (χ0n) is 14.1. The third-order valence-electron chi connectivity index (χ3n) is 4.10. The molecule has 0 aliphatic carbocycles. The summed E-state index contributed by atoms with van der Waals surface area (Å²) in [4.78, 5) is 29.5. The molecule has 134 valence electrons. The summed E-state index contributed by atoms with van der Waals surface area (Å²) >= 11 is 1.36. The number of hydrogen-bond donors (Lipinski definition) is 2. The van der Waals surface area contributed by atoms with Crippen LogP contribution in [0.3, 0.4) is 0 Å². The van der Waals surface area contributed by atoms with Gasteiger partial charge in [-0.1, -0.05) is 48.5 Å². The molecule has 2 N–H and O–H groups in total. The number of anilines is 1. The molecule has 0 bridgehead atoms. The van der Waals surface area contributed by atoms with Gasteiger partial charge in [0.05, 0.1) is 11.1 Å². The van der Waals surface area contributed by atoms with Crippen molar-refractivity contribution in [2.24, 2.45) is 0 Å². The van der Waals surface area contributed by atoms with E-state index in [2.05, 4.69) is 10.3 Å². The molecule has 0 spiro atoms. The smallest absolute Gasteiger partial charge is 0.322 e. The van der Waals surface area contributed by atoms with Gasteiger partial charge < -0.3 is 10.4 Å². The second kappa shape index (κ2) is 7.05. The van der Waals surface area contributed by atoms with Gasteiger partial charge in [-0.3, -0.25) is 9.59 Å². The highest BCUT2D eigenvalue weighted by Gasteiger charge is 2.18. The zero-order chi connectivity index (χ0) is 18.8. The van der Waals surface area contributed by atoms with E-state index in [4.69, 9.17) is 5.11 Å². The van der Waals surface area contributed by atoms with E-state index in [9.17, 15) is 9.59 Å². The summed E-state index contributed by atoms with van der Waals surface area (Å²) in [5.74, 6) is -0.817. The van der Waals surface area contributed by atoms with Gasteiger partial charge in [0.1, 0.15) is 11.4 Å². The molecule has 0 atom stereocenters. The number of carbonyl (C=O) groups is 1. The molecule has 4 aromatic rings. The number of rotatable bonds is 5. The lowest BCUT2D eigenvalue weighted by Crippen LogP contribution is -2.25. The van der Waals surface area contributed by atoms with Gasteiger partial charge in [0.25, 0.3) is 5.56 Å². The van der Waals surface area contributed by atoms with E-state index in [1.807, 2.05) is 53.9 Å². The number of carboxylic acid groups (broad SMARTS) is 1. The molecule has 2 heterocycles. The predicted molar refractivity (Wildman–Crippen MR) is 107 cm³/mol. The first-order chi connectivity index (χ1) is 13.1. The monoisotopic (exact) mass is 377 g/mol. The Balaban J connectivity index is 1.99. The summed E-state index contributed by atoms with van der Waals surface area (Å²) in [6.07, 6.45) is 0. The summed E-state index contributed by atoms with van der Waals surface area (Å²) in [5, 5.41) is 14.2. The molecule has 6 nitrogen and oxygen atoms in total. The fourth-order valence-corrected chi connectivity index (χ4v) is 3.85. The molecule has 0 aliphatic rings. The number of hydrogen-bond acceptors (Lipinski definition) is 5. The topological polar surface area (TPSA) is 84.2 Å². The van der Waals surface area contributed by atoms with Crippen molar-refractivity contribution in [3.8, 4) is 16.8 Å². The first-order valence-corrected chi connectivity index (χ1v) is 9.14. The van der Waals surface area contributed by atoms with E-state index in [-0.39, 0.29) is 18.1 Å². The van der Waals surface area contributed by atoms with Gasteiger partial charge in [-0.2, -0.15) is 0 Å². The summed E-state index contributed by atoms with van der Waals surface area (Å²) in [6.45, 7) is -0.332. The molecule has 0 unspecified atom stereocenters. The lowest BCUT2D eigenvalue weighted by molar-refractivity contribution is -0.134. The normalized spacial score (nSPS) is 10.8. The SMILES string of the molecule is O=C(O)CNc1nc2scc(-c3ccccc3)c2c(=O)n1-c1ccccc1. The Labute approximate surface area is 158 Å². The second-order valence-electron chi connectivity index (χ2n) is 5.85. The van der Waals surface area contributed by atoms with E-state index in [1.165, 1.54) is 15.9 Å². The van der Waals surface area contributed by atoms with E-state index in [0.717, 1.165) is 11.1 Å². The van der Waals surface area contributed by atoms with Crippen molar-refractivity contribution in [2.45, 2.75) is 0 Å². The van der Waals surface area contributed by atoms with Gasteiger partial charge in [0.15, 0.2) is 0 Å². The number of nitrogens with one attached hydrogen (secondary N) is 1. The molecule has 0 saturated carbocycles. The molecule has 4 rings (SSSR count). The minimum Gasteiger partial charge on any atom is -0.480 e. The van der Waals surface area contributed by atoms with Crippen molar-refractivity contribution in [3.05, 3.63) is 76.4 Å². The van der Waals surface area contributed by atoms with Crippen LogP contribution in [0.4, 0.5) is 5.95 Å². The van der Waals surface area contributed by atoms with Crippen molar-refractivity contribution in [1.82, 2.24) is 9.55 Å². The Morgan fingerprint density at radius 3 is 2.41 bits per heavy atom. The Kier molecular flexibility index (Phi) is 4.43.